The number of nitrogens with zero attached hydrogens (tertiary/aromatic N) is 3. The van der Waals surface area contributed by atoms with Crippen LogP contribution in [0.15, 0.2) is 42.6 Å². The Balaban J connectivity index is 2.29. The molecule has 0 amide bonds. The van der Waals surface area contributed by atoms with E-state index in [1.807, 2.05) is 56.4 Å². The molecule has 2 heterocycles. The fraction of sp³-hybridized carbons (Fsp3) is 0.200. The second kappa shape index (κ2) is 4.48. The molecule has 0 bridgehead atoms. The number of benzene rings is 1. The number of hydrogen-bond donors (Lipinski definition) is 1. The normalized spacial score (nSPS) is 12.8. The summed E-state index contributed by atoms with van der Waals surface area (Å²) in [5.74, 6) is 0. The second-order valence-electron chi connectivity index (χ2n) is 4.79. The Hall–Kier alpha value is -2.20. The molecule has 0 aliphatic carbocycles. The molecule has 2 aromatic heterocycles. The van der Waals surface area contributed by atoms with Crippen LogP contribution in [0.5, 0.6) is 0 Å². The van der Waals surface area contributed by atoms with Crippen molar-refractivity contribution in [1.82, 2.24) is 14.6 Å². The molecule has 19 heavy (non-hydrogen) atoms. The zero-order valence-electron chi connectivity index (χ0n) is 11.0. The first-order valence-corrected chi connectivity index (χ1v) is 6.33. The molecule has 96 valence electrons. The molecule has 3 aromatic rings. The fourth-order valence-electron chi connectivity index (χ4n) is 2.21. The monoisotopic (exact) mass is 252 g/mol. The van der Waals surface area contributed by atoms with Gasteiger partial charge in [0.15, 0.2) is 5.65 Å². The predicted octanol–water partition coefficient (Wildman–Crippen LogP) is 2.72. The maximum absolute atomic E-state index is 6.07. The number of hydrogen-bond acceptors (Lipinski definition) is 3. The average Bonchev–Trinajstić information content (AvgIpc) is 2.77. The Labute approximate surface area is 111 Å². The van der Waals surface area contributed by atoms with Crippen molar-refractivity contribution >= 4 is 5.65 Å². The van der Waals surface area contributed by atoms with Crippen LogP contribution in [-0.4, -0.2) is 14.6 Å². The molecule has 4 heteroatoms. The minimum Gasteiger partial charge on any atom is -0.324 e. The summed E-state index contributed by atoms with van der Waals surface area (Å²) in [5.41, 5.74) is 10.9. The van der Waals surface area contributed by atoms with Gasteiger partial charge in [-0.1, -0.05) is 30.3 Å². The molecule has 1 atom stereocenters. The van der Waals surface area contributed by atoms with Crippen molar-refractivity contribution in [2.45, 2.75) is 19.9 Å². The Bertz CT molecular complexity index is 714. The highest BCUT2D eigenvalue weighted by Gasteiger charge is 2.13. The van der Waals surface area contributed by atoms with Crippen LogP contribution in [0, 0.1) is 6.92 Å². The number of aromatic nitrogens is 3. The van der Waals surface area contributed by atoms with Gasteiger partial charge in [-0.2, -0.15) is 5.10 Å². The topological polar surface area (TPSA) is 56.2 Å². The van der Waals surface area contributed by atoms with Gasteiger partial charge in [-0.15, -0.1) is 0 Å². The van der Waals surface area contributed by atoms with Gasteiger partial charge in [-0.25, -0.2) is 9.50 Å². The molecule has 3 rings (SSSR count). The molecule has 0 radical (unpaired) electrons. The summed E-state index contributed by atoms with van der Waals surface area (Å²) < 4.78 is 1.79. The minimum absolute atomic E-state index is 0.0865. The van der Waals surface area contributed by atoms with Crippen LogP contribution in [0.3, 0.4) is 0 Å². The highest BCUT2D eigenvalue weighted by molar-refractivity contribution is 5.65. The van der Waals surface area contributed by atoms with E-state index < -0.39 is 0 Å². The zero-order chi connectivity index (χ0) is 13.4. The third kappa shape index (κ3) is 2.11. The molecule has 0 fully saturated rings. The Morgan fingerprint density at radius 2 is 1.95 bits per heavy atom. The quantitative estimate of drug-likeness (QED) is 0.763. The van der Waals surface area contributed by atoms with Crippen LogP contribution in [0.25, 0.3) is 16.9 Å². The van der Waals surface area contributed by atoms with Gasteiger partial charge >= 0.3 is 0 Å². The van der Waals surface area contributed by atoms with Crippen LogP contribution >= 0.6 is 0 Å². The molecule has 4 nitrogen and oxygen atoms in total. The summed E-state index contributed by atoms with van der Waals surface area (Å²) in [7, 11) is 0. The summed E-state index contributed by atoms with van der Waals surface area (Å²) in [6.45, 7) is 3.92. The Morgan fingerprint density at radius 3 is 2.63 bits per heavy atom. The van der Waals surface area contributed by atoms with E-state index in [0.29, 0.717) is 0 Å². The molecular weight excluding hydrogens is 236 g/mol. The summed E-state index contributed by atoms with van der Waals surface area (Å²) in [6.07, 6.45) is 1.97. The van der Waals surface area contributed by atoms with Crippen LogP contribution in [-0.2, 0) is 0 Å². The van der Waals surface area contributed by atoms with E-state index in [0.717, 1.165) is 28.2 Å². The van der Waals surface area contributed by atoms with Gasteiger partial charge in [-0.05, 0) is 13.8 Å². The first-order chi connectivity index (χ1) is 9.15. The van der Waals surface area contributed by atoms with Gasteiger partial charge in [0.1, 0.15) is 0 Å². The van der Waals surface area contributed by atoms with E-state index in [2.05, 4.69) is 5.10 Å². The lowest BCUT2D eigenvalue weighted by Crippen LogP contribution is -2.10. The SMILES string of the molecule is Cc1cc2nc(-c3ccccc3)c(C(C)N)cn2n1. The maximum atomic E-state index is 6.07. The lowest BCUT2D eigenvalue weighted by atomic mass is 10.0. The van der Waals surface area contributed by atoms with Crippen molar-refractivity contribution in [3.63, 3.8) is 0 Å². The van der Waals surface area contributed by atoms with E-state index in [9.17, 15) is 0 Å². The van der Waals surface area contributed by atoms with Crippen LogP contribution in [0.1, 0.15) is 24.2 Å². The third-order valence-electron chi connectivity index (χ3n) is 3.14. The maximum Gasteiger partial charge on any atom is 0.155 e. The van der Waals surface area contributed by atoms with Crippen molar-refractivity contribution < 1.29 is 0 Å². The molecule has 0 spiro atoms. The van der Waals surface area contributed by atoms with Crippen molar-refractivity contribution in [3.8, 4) is 11.3 Å². The Kier molecular flexibility index (Phi) is 2.80. The first-order valence-electron chi connectivity index (χ1n) is 6.33. The van der Waals surface area contributed by atoms with E-state index in [-0.39, 0.29) is 6.04 Å². The molecule has 1 unspecified atom stereocenters. The molecule has 2 N–H and O–H groups in total. The van der Waals surface area contributed by atoms with Gasteiger partial charge in [0.05, 0.1) is 11.4 Å². The van der Waals surface area contributed by atoms with Gasteiger partial charge in [-0.3, -0.25) is 0 Å². The van der Waals surface area contributed by atoms with E-state index >= 15 is 0 Å². The number of rotatable bonds is 2. The minimum atomic E-state index is -0.0865. The van der Waals surface area contributed by atoms with E-state index in [1.54, 1.807) is 4.52 Å². The van der Waals surface area contributed by atoms with E-state index in [4.69, 9.17) is 10.7 Å². The molecule has 0 aliphatic rings. The number of fused-ring (bicyclic) bond motifs is 1. The zero-order valence-corrected chi connectivity index (χ0v) is 11.0. The summed E-state index contributed by atoms with van der Waals surface area (Å²) >= 11 is 0. The highest BCUT2D eigenvalue weighted by Crippen LogP contribution is 2.26. The summed E-state index contributed by atoms with van der Waals surface area (Å²) in [5, 5.41) is 4.39. The number of aryl methyl sites for hydroxylation is 1. The predicted molar refractivity (Wildman–Crippen MR) is 75.8 cm³/mol. The first kappa shape index (κ1) is 11.9. The highest BCUT2D eigenvalue weighted by atomic mass is 15.2. The fourth-order valence-corrected chi connectivity index (χ4v) is 2.21. The Morgan fingerprint density at radius 1 is 1.21 bits per heavy atom. The van der Waals surface area contributed by atoms with Crippen molar-refractivity contribution in [2.24, 2.45) is 5.73 Å². The molecule has 0 saturated heterocycles. The lowest BCUT2D eigenvalue weighted by Gasteiger charge is -2.12. The van der Waals surface area contributed by atoms with E-state index in [1.165, 1.54) is 0 Å². The smallest absolute Gasteiger partial charge is 0.155 e. The van der Waals surface area contributed by atoms with Crippen LogP contribution in [0.2, 0.25) is 0 Å². The van der Waals surface area contributed by atoms with Crippen LogP contribution in [0.4, 0.5) is 0 Å². The van der Waals surface area contributed by atoms with Gasteiger partial charge in [0.25, 0.3) is 0 Å². The van der Waals surface area contributed by atoms with Crippen molar-refractivity contribution in [3.05, 3.63) is 53.9 Å². The van der Waals surface area contributed by atoms with Crippen LogP contribution < -0.4 is 5.73 Å². The lowest BCUT2D eigenvalue weighted by molar-refractivity contribution is 0.788. The second-order valence-corrected chi connectivity index (χ2v) is 4.79. The summed E-state index contributed by atoms with van der Waals surface area (Å²) in [4.78, 5) is 4.71. The average molecular weight is 252 g/mol. The molecule has 0 aliphatic heterocycles. The van der Waals surface area contributed by atoms with Crippen molar-refractivity contribution in [1.29, 1.82) is 0 Å². The largest absolute Gasteiger partial charge is 0.324 e. The number of nitrogens with two attached hydrogens (primary N) is 1. The summed E-state index contributed by atoms with van der Waals surface area (Å²) in [6, 6.07) is 12.0. The van der Waals surface area contributed by atoms with Gasteiger partial charge in [0.2, 0.25) is 0 Å². The molecule has 0 saturated carbocycles. The van der Waals surface area contributed by atoms with Crippen molar-refractivity contribution in [2.75, 3.05) is 0 Å². The van der Waals surface area contributed by atoms with Gasteiger partial charge < -0.3 is 5.73 Å². The standard InChI is InChI=1S/C15H16N4/c1-10-8-14-17-15(12-6-4-3-5-7-12)13(11(2)16)9-19(14)18-10/h3-9,11H,16H2,1-2H3. The molecule has 1 aromatic carbocycles. The molecular formula is C15H16N4. The third-order valence-corrected chi connectivity index (χ3v) is 3.14. The van der Waals surface area contributed by atoms with Gasteiger partial charge in [0, 0.05) is 29.4 Å².